The van der Waals surface area contributed by atoms with Gasteiger partial charge in [-0.1, -0.05) is 152 Å². The summed E-state index contributed by atoms with van der Waals surface area (Å²) in [6.07, 6.45) is 26.8. The lowest BCUT2D eigenvalue weighted by atomic mass is 9.98. The van der Waals surface area contributed by atoms with Crippen LogP contribution in [0.25, 0.3) is 0 Å². The summed E-state index contributed by atoms with van der Waals surface area (Å²) in [5, 5.41) is 72.0. The van der Waals surface area contributed by atoms with E-state index in [9.17, 15) is 45.3 Å². The Morgan fingerprint density at radius 3 is 1.48 bits per heavy atom. The zero-order valence-corrected chi connectivity index (χ0v) is 40.6. The molecule has 2 aliphatic rings. The van der Waals surface area contributed by atoms with Crippen LogP contribution in [-0.2, 0) is 38.0 Å². The summed E-state index contributed by atoms with van der Waals surface area (Å²) in [4.78, 5) is 25.7. The molecule has 2 rings (SSSR count). The molecule has 15 heteroatoms. The molecule has 67 heavy (non-hydrogen) atoms. The first kappa shape index (κ1) is 60.3. The Labute approximate surface area is 400 Å². The van der Waals surface area contributed by atoms with Gasteiger partial charge in [0.2, 0.25) is 0 Å². The van der Waals surface area contributed by atoms with Crippen molar-refractivity contribution in [3.63, 3.8) is 0 Å². The van der Waals surface area contributed by atoms with Gasteiger partial charge in [-0.3, -0.25) is 9.59 Å². The molecule has 0 aliphatic carbocycles. The second kappa shape index (κ2) is 39.0. The molecule has 0 amide bonds. The molecule has 2 saturated heterocycles. The Hall–Kier alpha value is -2.80. The maximum absolute atomic E-state index is 13.0. The number of hydrogen-bond donors (Lipinski definition) is 7. The molecule has 7 N–H and O–H groups in total. The lowest BCUT2D eigenvalue weighted by Gasteiger charge is -2.42. The van der Waals surface area contributed by atoms with Gasteiger partial charge in [-0.05, 0) is 57.8 Å². The third kappa shape index (κ3) is 27.3. The van der Waals surface area contributed by atoms with Crippen LogP contribution in [0.4, 0.5) is 0 Å². The fraction of sp³-hybridized carbons (Fsp3) is 0.769. The lowest BCUT2D eigenvalue weighted by molar-refractivity contribution is -0.332. The SMILES string of the molecule is CC/C=C/C/C=C/C/C=C/C/C=C/C/C=C/CCCCCC(=O)O[C@H](COC(=O)CCCCCCCCCCCCCC)CO[C@H]1O[C@@H](CO[C@H]2O[C@@H](CO)[C@@H](O)C(O)C2O)[C@@H](O)C(O)C1O. The Kier molecular flexibility index (Phi) is 35.1. The molecule has 0 bridgehead atoms. The smallest absolute Gasteiger partial charge is 0.306 e. The topological polar surface area (TPSA) is 231 Å². The second-order valence-corrected chi connectivity index (χ2v) is 17.6. The molecular weight excluding hydrogens is 865 g/mol. The van der Waals surface area contributed by atoms with Crippen LogP contribution >= 0.6 is 0 Å². The summed E-state index contributed by atoms with van der Waals surface area (Å²) in [5.74, 6) is -0.965. The highest BCUT2D eigenvalue weighted by Gasteiger charge is 2.47. The number of unbranched alkanes of at least 4 members (excludes halogenated alkanes) is 14. The average Bonchev–Trinajstić information content (AvgIpc) is 3.32. The minimum absolute atomic E-state index is 0.125. The molecule has 2 heterocycles. The van der Waals surface area contributed by atoms with Crippen LogP contribution in [0.2, 0.25) is 0 Å². The highest BCUT2D eigenvalue weighted by molar-refractivity contribution is 5.70. The van der Waals surface area contributed by atoms with E-state index in [4.69, 9.17) is 28.4 Å². The Bertz CT molecular complexity index is 1400. The van der Waals surface area contributed by atoms with E-state index >= 15 is 0 Å². The fourth-order valence-corrected chi connectivity index (χ4v) is 7.60. The number of ether oxygens (including phenoxy) is 6. The molecule has 4 unspecified atom stereocenters. The van der Waals surface area contributed by atoms with Crippen LogP contribution in [-0.4, -0.2) is 142 Å². The van der Waals surface area contributed by atoms with Crippen molar-refractivity contribution in [1.29, 1.82) is 0 Å². The van der Waals surface area contributed by atoms with E-state index < -0.39 is 99.3 Å². The van der Waals surface area contributed by atoms with Gasteiger partial charge in [-0.2, -0.15) is 0 Å². The number of carbonyl (C=O) groups excluding carboxylic acids is 2. The van der Waals surface area contributed by atoms with Crippen molar-refractivity contribution in [2.45, 2.75) is 229 Å². The summed E-state index contributed by atoms with van der Waals surface area (Å²) in [7, 11) is 0. The van der Waals surface area contributed by atoms with E-state index in [-0.39, 0.29) is 19.4 Å². The van der Waals surface area contributed by atoms with Crippen LogP contribution < -0.4 is 0 Å². The summed E-state index contributed by atoms with van der Waals surface area (Å²) in [6.45, 7) is 2.42. The average molecular weight is 953 g/mol. The van der Waals surface area contributed by atoms with Gasteiger partial charge in [0.1, 0.15) is 55.4 Å². The quantitative estimate of drug-likeness (QED) is 0.0190. The van der Waals surface area contributed by atoms with Crippen LogP contribution in [0.5, 0.6) is 0 Å². The fourth-order valence-electron chi connectivity index (χ4n) is 7.60. The third-order valence-corrected chi connectivity index (χ3v) is 11.8. The molecule has 0 aromatic rings. The second-order valence-electron chi connectivity index (χ2n) is 17.6. The molecule has 15 nitrogen and oxygen atoms in total. The molecule has 0 spiro atoms. The van der Waals surface area contributed by atoms with Crippen molar-refractivity contribution in [2.75, 3.05) is 26.4 Å². The molecule has 11 atom stereocenters. The number of hydrogen-bond acceptors (Lipinski definition) is 15. The van der Waals surface area contributed by atoms with Crippen molar-refractivity contribution in [3.05, 3.63) is 60.8 Å². The first-order valence-electron chi connectivity index (χ1n) is 25.4. The van der Waals surface area contributed by atoms with Gasteiger partial charge in [0, 0.05) is 12.8 Å². The highest BCUT2D eigenvalue weighted by atomic mass is 16.7. The zero-order valence-electron chi connectivity index (χ0n) is 40.6. The minimum atomic E-state index is -1.77. The molecular formula is C52H88O15. The predicted molar refractivity (Wildman–Crippen MR) is 256 cm³/mol. The Morgan fingerprint density at radius 1 is 0.493 bits per heavy atom. The van der Waals surface area contributed by atoms with Gasteiger partial charge in [0.25, 0.3) is 0 Å². The first-order chi connectivity index (χ1) is 32.5. The van der Waals surface area contributed by atoms with Crippen molar-refractivity contribution in [1.82, 2.24) is 0 Å². The van der Waals surface area contributed by atoms with Gasteiger partial charge in [0.15, 0.2) is 18.7 Å². The first-order valence-corrected chi connectivity index (χ1v) is 25.4. The number of carbonyl (C=O) groups is 2. The normalized spacial score (nSPS) is 26.5. The molecule has 0 saturated carbocycles. The highest BCUT2D eigenvalue weighted by Crippen LogP contribution is 2.26. The molecule has 0 aromatic carbocycles. The van der Waals surface area contributed by atoms with Crippen molar-refractivity contribution < 1.29 is 73.8 Å². The van der Waals surface area contributed by atoms with Crippen LogP contribution in [0, 0.1) is 0 Å². The van der Waals surface area contributed by atoms with Crippen LogP contribution in [0.1, 0.15) is 162 Å². The van der Waals surface area contributed by atoms with Crippen LogP contribution in [0.15, 0.2) is 60.8 Å². The number of allylic oxidation sites excluding steroid dienone is 10. The maximum Gasteiger partial charge on any atom is 0.306 e. The zero-order chi connectivity index (χ0) is 48.9. The monoisotopic (exact) mass is 953 g/mol. The van der Waals surface area contributed by atoms with E-state index in [1.165, 1.54) is 51.4 Å². The van der Waals surface area contributed by atoms with Gasteiger partial charge in [-0.25, -0.2) is 0 Å². The standard InChI is InChI=1S/C52H88O15/c1-3-5-7-9-11-13-15-17-18-19-20-21-22-23-25-27-29-31-33-35-44(55)65-40(37-62-43(54)34-32-30-28-26-24-16-14-12-10-8-6-4-2)38-63-51-50(61)48(59)46(57)42(67-51)39-64-52-49(60)47(58)45(56)41(36-53)66-52/h5,7,11,13,17-18,20-21,23,25,40-42,45-53,56-61H,3-4,6,8-10,12,14-16,19,22,24,26-39H2,1-2H3/b7-5+,13-11+,18-17+,21-20+,25-23+/t40-,41+,42+,45-,46-,47?,48?,49?,50?,51+,52+/m1/s1. The molecule has 386 valence electrons. The largest absolute Gasteiger partial charge is 0.462 e. The number of rotatable bonds is 38. The molecule has 0 radical (unpaired) electrons. The van der Waals surface area contributed by atoms with Gasteiger partial charge in [-0.15, -0.1) is 0 Å². The van der Waals surface area contributed by atoms with Crippen molar-refractivity contribution in [2.24, 2.45) is 0 Å². The predicted octanol–water partition coefficient (Wildman–Crippen LogP) is 6.88. The summed E-state index contributed by atoms with van der Waals surface area (Å²) in [5.41, 5.74) is 0. The Morgan fingerprint density at radius 2 is 0.940 bits per heavy atom. The van der Waals surface area contributed by atoms with Gasteiger partial charge in [0.05, 0.1) is 19.8 Å². The lowest BCUT2D eigenvalue weighted by Crippen LogP contribution is -2.61. The van der Waals surface area contributed by atoms with E-state index in [1.54, 1.807) is 0 Å². The number of esters is 2. The molecule has 2 aliphatic heterocycles. The maximum atomic E-state index is 13.0. The van der Waals surface area contributed by atoms with Gasteiger partial charge >= 0.3 is 11.9 Å². The van der Waals surface area contributed by atoms with E-state index in [0.29, 0.717) is 12.8 Å². The summed E-state index contributed by atoms with van der Waals surface area (Å²) >= 11 is 0. The van der Waals surface area contributed by atoms with Gasteiger partial charge < -0.3 is 64.2 Å². The van der Waals surface area contributed by atoms with Crippen LogP contribution in [0.3, 0.4) is 0 Å². The van der Waals surface area contributed by atoms with E-state index in [1.807, 2.05) is 0 Å². The Balaban J connectivity index is 1.83. The summed E-state index contributed by atoms with van der Waals surface area (Å²) < 4.78 is 33.5. The molecule has 2 fully saturated rings. The minimum Gasteiger partial charge on any atom is -0.462 e. The van der Waals surface area contributed by atoms with Crippen molar-refractivity contribution in [3.8, 4) is 0 Å². The van der Waals surface area contributed by atoms with Crippen molar-refractivity contribution >= 4 is 11.9 Å². The summed E-state index contributed by atoms with van der Waals surface area (Å²) in [6, 6.07) is 0. The number of aliphatic hydroxyl groups is 7. The molecule has 0 aromatic heterocycles. The third-order valence-electron chi connectivity index (χ3n) is 11.8. The van der Waals surface area contributed by atoms with E-state index in [0.717, 1.165) is 70.6 Å². The number of aliphatic hydroxyl groups excluding tert-OH is 7. The van der Waals surface area contributed by atoms with E-state index in [2.05, 4.69) is 74.6 Å².